The number of methoxy groups -OCH3 is 4. The van der Waals surface area contributed by atoms with Crippen LogP contribution in [0.15, 0.2) is 41.4 Å². The summed E-state index contributed by atoms with van der Waals surface area (Å²) in [7, 11) is 8.23. The molecule has 2 rings (SSSR count). The highest BCUT2D eigenvalue weighted by molar-refractivity contribution is 5.79. The van der Waals surface area contributed by atoms with Crippen molar-refractivity contribution in [2.24, 2.45) is 4.99 Å². The van der Waals surface area contributed by atoms with Crippen molar-refractivity contribution in [3.05, 3.63) is 47.5 Å². The second kappa shape index (κ2) is 10.6. The molecular formula is C23H33N3O4. The Morgan fingerprint density at radius 3 is 1.93 bits per heavy atom. The summed E-state index contributed by atoms with van der Waals surface area (Å²) in [6.45, 7) is 5.65. The fraction of sp³-hybridized carbons (Fsp3) is 0.435. The third kappa shape index (κ3) is 5.72. The summed E-state index contributed by atoms with van der Waals surface area (Å²) in [5.74, 6) is 3.39. The predicted octanol–water partition coefficient (Wildman–Crippen LogP) is 3.36. The first kappa shape index (κ1) is 23.2. The van der Waals surface area contributed by atoms with Crippen LogP contribution in [0.2, 0.25) is 0 Å². The lowest BCUT2D eigenvalue weighted by Gasteiger charge is -2.27. The maximum atomic E-state index is 5.42. The number of ether oxygens (including phenoxy) is 4. The van der Waals surface area contributed by atoms with Crippen LogP contribution in [-0.2, 0) is 12.0 Å². The van der Waals surface area contributed by atoms with E-state index in [1.54, 1.807) is 35.5 Å². The van der Waals surface area contributed by atoms with E-state index in [1.807, 2.05) is 24.3 Å². The van der Waals surface area contributed by atoms with Crippen LogP contribution in [0.3, 0.4) is 0 Å². The molecule has 0 aliphatic heterocycles. The van der Waals surface area contributed by atoms with Crippen LogP contribution < -0.4 is 29.6 Å². The van der Waals surface area contributed by atoms with E-state index in [9.17, 15) is 0 Å². The number of guanidine groups is 1. The molecule has 164 valence electrons. The van der Waals surface area contributed by atoms with Gasteiger partial charge in [-0.2, -0.15) is 0 Å². The van der Waals surface area contributed by atoms with Gasteiger partial charge in [0.05, 0.1) is 28.4 Å². The monoisotopic (exact) mass is 415 g/mol. The molecule has 0 spiro atoms. The molecule has 7 heteroatoms. The normalized spacial score (nSPS) is 11.6. The minimum Gasteiger partial charge on any atom is -0.497 e. The van der Waals surface area contributed by atoms with E-state index in [4.69, 9.17) is 18.9 Å². The highest BCUT2D eigenvalue weighted by Crippen LogP contribution is 2.38. The minimum absolute atomic E-state index is 0.0869. The first-order chi connectivity index (χ1) is 14.4. The van der Waals surface area contributed by atoms with Gasteiger partial charge in [0.15, 0.2) is 17.5 Å². The minimum atomic E-state index is -0.0869. The molecular weight excluding hydrogens is 382 g/mol. The molecule has 0 aliphatic carbocycles. The van der Waals surface area contributed by atoms with E-state index in [2.05, 4.69) is 41.6 Å². The van der Waals surface area contributed by atoms with Crippen LogP contribution in [0.25, 0.3) is 0 Å². The van der Waals surface area contributed by atoms with Gasteiger partial charge in [-0.05, 0) is 35.4 Å². The largest absolute Gasteiger partial charge is 0.497 e. The average Bonchev–Trinajstić information content (AvgIpc) is 2.78. The predicted molar refractivity (Wildman–Crippen MR) is 120 cm³/mol. The molecule has 2 N–H and O–H groups in total. The zero-order chi connectivity index (χ0) is 22.1. The molecule has 0 aromatic heterocycles. The molecule has 0 saturated heterocycles. The highest BCUT2D eigenvalue weighted by atomic mass is 16.5. The maximum Gasteiger partial charge on any atom is 0.203 e. The Bertz CT molecular complexity index is 823. The quantitative estimate of drug-likeness (QED) is 0.483. The van der Waals surface area contributed by atoms with Crippen LogP contribution in [-0.4, -0.2) is 48.0 Å². The first-order valence-corrected chi connectivity index (χ1v) is 9.76. The zero-order valence-corrected chi connectivity index (χ0v) is 19.0. The maximum absolute atomic E-state index is 5.42. The van der Waals surface area contributed by atoms with E-state index < -0.39 is 0 Å². The Morgan fingerprint density at radius 2 is 1.47 bits per heavy atom. The summed E-state index contributed by atoms with van der Waals surface area (Å²) in [6, 6.07) is 12.0. The zero-order valence-electron chi connectivity index (χ0n) is 19.0. The SMILES string of the molecule is CN=C(NCc1cc(OC)c(OC)c(OC)c1)NCC(C)(C)c1ccc(OC)cc1. The van der Waals surface area contributed by atoms with Gasteiger partial charge in [0.1, 0.15) is 5.75 Å². The van der Waals surface area contributed by atoms with E-state index >= 15 is 0 Å². The van der Waals surface area contributed by atoms with Crippen LogP contribution in [0.1, 0.15) is 25.0 Å². The van der Waals surface area contributed by atoms with Crippen molar-refractivity contribution >= 4 is 5.96 Å². The molecule has 0 fully saturated rings. The van der Waals surface area contributed by atoms with Gasteiger partial charge >= 0.3 is 0 Å². The second-order valence-corrected chi connectivity index (χ2v) is 7.43. The van der Waals surface area contributed by atoms with Crippen molar-refractivity contribution < 1.29 is 18.9 Å². The van der Waals surface area contributed by atoms with Gasteiger partial charge in [0, 0.05) is 25.6 Å². The Labute approximate surface area is 179 Å². The summed E-state index contributed by atoms with van der Waals surface area (Å²) >= 11 is 0. The van der Waals surface area contributed by atoms with Crippen LogP contribution >= 0.6 is 0 Å². The molecule has 7 nitrogen and oxygen atoms in total. The lowest BCUT2D eigenvalue weighted by molar-refractivity contribution is 0.323. The molecule has 2 aromatic carbocycles. The van der Waals surface area contributed by atoms with Crippen LogP contribution in [0.4, 0.5) is 0 Å². The van der Waals surface area contributed by atoms with Gasteiger partial charge in [-0.1, -0.05) is 26.0 Å². The number of benzene rings is 2. The Morgan fingerprint density at radius 1 is 0.867 bits per heavy atom. The van der Waals surface area contributed by atoms with Gasteiger partial charge in [0.25, 0.3) is 0 Å². The Hall–Kier alpha value is -3.09. The Kier molecular flexibility index (Phi) is 8.21. The number of nitrogens with one attached hydrogen (secondary N) is 2. The number of hydrogen-bond donors (Lipinski definition) is 2. The summed E-state index contributed by atoms with van der Waals surface area (Å²) in [6.07, 6.45) is 0. The van der Waals surface area contributed by atoms with E-state index in [1.165, 1.54) is 5.56 Å². The third-order valence-electron chi connectivity index (χ3n) is 4.98. The van der Waals surface area contributed by atoms with Crippen molar-refractivity contribution in [3.63, 3.8) is 0 Å². The van der Waals surface area contributed by atoms with E-state index in [0.29, 0.717) is 36.3 Å². The van der Waals surface area contributed by atoms with Crippen LogP contribution in [0.5, 0.6) is 23.0 Å². The summed E-state index contributed by atoms with van der Waals surface area (Å²) < 4.78 is 21.5. The van der Waals surface area contributed by atoms with Crippen molar-refractivity contribution in [1.29, 1.82) is 0 Å². The molecule has 0 atom stereocenters. The highest BCUT2D eigenvalue weighted by Gasteiger charge is 2.21. The van der Waals surface area contributed by atoms with Crippen molar-refractivity contribution in [1.82, 2.24) is 10.6 Å². The molecule has 0 saturated carbocycles. The first-order valence-electron chi connectivity index (χ1n) is 9.76. The molecule has 0 amide bonds. The van der Waals surface area contributed by atoms with E-state index in [-0.39, 0.29) is 5.41 Å². The molecule has 30 heavy (non-hydrogen) atoms. The van der Waals surface area contributed by atoms with Gasteiger partial charge in [-0.15, -0.1) is 0 Å². The Balaban J connectivity index is 2.02. The fourth-order valence-corrected chi connectivity index (χ4v) is 3.09. The number of aliphatic imine (C=N–C) groups is 1. The average molecular weight is 416 g/mol. The second-order valence-electron chi connectivity index (χ2n) is 7.43. The van der Waals surface area contributed by atoms with Gasteiger partial charge in [0.2, 0.25) is 5.75 Å². The summed E-state index contributed by atoms with van der Waals surface area (Å²) in [4.78, 5) is 4.33. The molecule has 0 radical (unpaired) electrons. The molecule has 0 bridgehead atoms. The lowest BCUT2D eigenvalue weighted by atomic mass is 9.84. The van der Waals surface area contributed by atoms with Crippen molar-refractivity contribution in [3.8, 4) is 23.0 Å². The smallest absolute Gasteiger partial charge is 0.203 e. The van der Waals surface area contributed by atoms with Gasteiger partial charge in [-0.25, -0.2) is 0 Å². The van der Waals surface area contributed by atoms with Gasteiger partial charge in [-0.3, -0.25) is 4.99 Å². The molecule has 0 heterocycles. The molecule has 0 unspecified atom stereocenters. The standard InChI is InChI=1S/C23H33N3O4/c1-23(2,17-8-10-18(27-4)11-9-17)15-26-22(24-3)25-14-16-12-19(28-5)21(30-7)20(13-16)29-6/h8-13H,14-15H2,1-7H3,(H2,24,25,26). The summed E-state index contributed by atoms with van der Waals surface area (Å²) in [5.41, 5.74) is 2.12. The summed E-state index contributed by atoms with van der Waals surface area (Å²) in [5, 5.41) is 6.74. The van der Waals surface area contributed by atoms with Crippen LogP contribution in [0, 0.1) is 0 Å². The van der Waals surface area contributed by atoms with Crippen molar-refractivity contribution in [2.45, 2.75) is 25.8 Å². The number of hydrogen-bond acceptors (Lipinski definition) is 5. The fourth-order valence-electron chi connectivity index (χ4n) is 3.09. The van der Waals surface area contributed by atoms with E-state index in [0.717, 1.165) is 11.3 Å². The number of nitrogens with zero attached hydrogens (tertiary/aromatic N) is 1. The van der Waals surface area contributed by atoms with Gasteiger partial charge < -0.3 is 29.6 Å². The third-order valence-corrected chi connectivity index (χ3v) is 4.98. The molecule has 0 aliphatic rings. The van der Waals surface area contributed by atoms with Crippen molar-refractivity contribution in [2.75, 3.05) is 42.0 Å². The topological polar surface area (TPSA) is 73.3 Å². The molecule has 2 aromatic rings. The number of rotatable bonds is 9. The lowest BCUT2D eigenvalue weighted by Crippen LogP contribution is -2.43.